The van der Waals surface area contributed by atoms with Crippen LogP contribution in [0, 0.1) is 0 Å². The summed E-state index contributed by atoms with van der Waals surface area (Å²) in [7, 11) is 1.61. The van der Waals surface area contributed by atoms with Crippen molar-refractivity contribution in [1.82, 2.24) is 0 Å². The average molecular weight is 174 g/mol. The van der Waals surface area contributed by atoms with Gasteiger partial charge in [0, 0.05) is 20.1 Å². The highest BCUT2D eigenvalue weighted by molar-refractivity contribution is 4.91. The van der Waals surface area contributed by atoms with Crippen LogP contribution in [0.3, 0.4) is 0 Å². The van der Waals surface area contributed by atoms with Gasteiger partial charge in [-0.2, -0.15) is 0 Å². The van der Waals surface area contributed by atoms with E-state index in [1.54, 1.807) is 7.11 Å². The van der Waals surface area contributed by atoms with Crippen molar-refractivity contribution in [2.24, 2.45) is 0 Å². The first-order chi connectivity index (χ1) is 5.79. The third kappa shape index (κ3) is 2.19. The van der Waals surface area contributed by atoms with Gasteiger partial charge in [-0.1, -0.05) is 13.3 Å². The number of unbranched alkanes of at least 4 members (excludes halogenated alkanes) is 1. The molecule has 3 heteroatoms. The molecule has 1 N–H and O–H groups in total. The van der Waals surface area contributed by atoms with E-state index in [9.17, 15) is 5.11 Å². The lowest BCUT2D eigenvalue weighted by atomic mass is 9.88. The van der Waals surface area contributed by atoms with Crippen molar-refractivity contribution < 1.29 is 14.6 Å². The van der Waals surface area contributed by atoms with E-state index in [-0.39, 0.29) is 18.3 Å². The monoisotopic (exact) mass is 174 g/mol. The van der Waals surface area contributed by atoms with Gasteiger partial charge in [0.25, 0.3) is 0 Å². The van der Waals surface area contributed by atoms with Crippen molar-refractivity contribution in [2.45, 2.75) is 44.5 Å². The molecule has 72 valence electrons. The van der Waals surface area contributed by atoms with Gasteiger partial charge >= 0.3 is 0 Å². The van der Waals surface area contributed by atoms with E-state index in [1.165, 1.54) is 0 Å². The molecule has 1 saturated carbocycles. The minimum Gasteiger partial charge on any atom is -0.390 e. The fourth-order valence-electron chi connectivity index (χ4n) is 1.41. The van der Waals surface area contributed by atoms with Crippen molar-refractivity contribution in [3.8, 4) is 0 Å². The molecular formula is C9H18O3. The SMILES string of the molecule is CCCCOC1CC(O)C1OC. The molecule has 0 saturated heterocycles. The third-order valence-corrected chi connectivity index (χ3v) is 2.32. The fourth-order valence-corrected chi connectivity index (χ4v) is 1.41. The molecule has 1 aliphatic carbocycles. The van der Waals surface area contributed by atoms with Crippen LogP contribution in [0.4, 0.5) is 0 Å². The first-order valence-corrected chi connectivity index (χ1v) is 4.62. The average Bonchev–Trinajstić information content (AvgIpc) is 2.04. The van der Waals surface area contributed by atoms with Crippen molar-refractivity contribution in [3.63, 3.8) is 0 Å². The standard InChI is InChI=1S/C9H18O3/c1-3-4-5-12-8-6-7(10)9(8)11-2/h7-10H,3-6H2,1-2H3. The Morgan fingerprint density at radius 1 is 1.50 bits per heavy atom. The molecular weight excluding hydrogens is 156 g/mol. The highest BCUT2D eigenvalue weighted by Crippen LogP contribution is 2.26. The Balaban J connectivity index is 2.09. The molecule has 0 amide bonds. The van der Waals surface area contributed by atoms with Gasteiger partial charge < -0.3 is 14.6 Å². The maximum atomic E-state index is 9.23. The molecule has 12 heavy (non-hydrogen) atoms. The summed E-state index contributed by atoms with van der Waals surface area (Å²) in [5.74, 6) is 0. The Bertz CT molecular complexity index is 127. The number of hydrogen-bond donors (Lipinski definition) is 1. The first kappa shape index (κ1) is 9.96. The fraction of sp³-hybridized carbons (Fsp3) is 1.00. The van der Waals surface area contributed by atoms with Gasteiger partial charge in [-0.15, -0.1) is 0 Å². The summed E-state index contributed by atoms with van der Waals surface area (Å²) >= 11 is 0. The number of methoxy groups -OCH3 is 1. The number of rotatable bonds is 5. The van der Waals surface area contributed by atoms with Crippen LogP contribution in [0.15, 0.2) is 0 Å². The molecule has 0 aromatic rings. The van der Waals surface area contributed by atoms with Crippen LogP contribution < -0.4 is 0 Å². The quantitative estimate of drug-likeness (QED) is 0.631. The van der Waals surface area contributed by atoms with Crippen LogP contribution in [0.25, 0.3) is 0 Å². The van der Waals surface area contributed by atoms with Crippen LogP contribution in [-0.2, 0) is 9.47 Å². The van der Waals surface area contributed by atoms with Gasteiger partial charge in [-0.3, -0.25) is 0 Å². The molecule has 0 spiro atoms. The number of hydrogen-bond acceptors (Lipinski definition) is 3. The lowest BCUT2D eigenvalue weighted by Gasteiger charge is -2.39. The van der Waals surface area contributed by atoms with Crippen LogP contribution in [0.5, 0.6) is 0 Å². The lowest BCUT2D eigenvalue weighted by Crippen LogP contribution is -2.53. The highest BCUT2D eigenvalue weighted by Gasteiger charge is 2.40. The smallest absolute Gasteiger partial charge is 0.109 e. The minimum atomic E-state index is -0.318. The Kier molecular flexibility index (Phi) is 3.98. The van der Waals surface area contributed by atoms with E-state index >= 15 is 0 Å². The molecule has 3 unspecified atom stereocenters. The summed E-state index contributed by atoms with van der Waals surface area (Å²) in [5, 5.41) is 9.23. The van der Waals surface area contributed by atoms with Gasteiger partial charge in [0.05, 0.1) is 12.2 Å². The summed E-state index contributed by atoms with van der Waals surface area (Å²) in [6.45, 7) is 2.92. The van der Waals surface area contributed by atoms with E-state index in [0.29, 0.717) is 0 Å². The Hall–Kier alpha value is -0.120. The molecule has 0 aliphatic heterocycles. The van der Waals surface area contributed by atoms with E-state index in [0.717, 1.165) is 25.9 Å². The second kappa shape index (κ2) is 4.80. The van der Waals surface area contributed by atoms with Gasteiger partial charge in [-0.25, -0.2) is 0 Å². The predicted octanol–water partition coefficient (Wildman–Crippen LogP) is 0.951. The predicted molar refractivity (Wildman–Crippen MR) is 46.1 cm³/mol. The maximum absolute atomic E-state index is 9.23. The summed E-state index contributed by atoms with van der Waals surface area (Å²) in [5.41, 5.74) is 0. The third-order valence-electron chi connectivity index (χ3n) is 2.32. The lowest BCUT2D eigenvalue weighted by molar-refractivity contribution is -0.181. The molecule has 3 atom stereocenters. The van der Waals surface area contributed by atoms with E-state index in [1.807, 2.05) is 0 Å². The molecule has 0 aromatic heterocycles. The van der Waals surface area contributed by atoms with Crippen molar-refractivity contribution in [1.29, 1.82) is 0 Å². The maximum Gasteiger partial charge on any atom is 0.109 e. The molecule has 1 fully saturated rings. The first-order valence-electron chi connectivity index (χ1n) is 4.62. The van der Waals surface area contributed by atoms with Crippen molar-refractivity contribution in [2.75, 3.05) is 13.7 Å². The van der Waals surface area contributed by atoms with Crippen LogP contribution in [-0.4, -0.2) is 37.1 Å². The van der Waals surface area contributed by atoms with E-state index in [4.69, 9.17) is 9.47 Å². The molecule has 1 aliphatic rings. The zero-order valence-corrected chi connectivity index (χ0v) is 7.82. The van der Waals surface area contributed by atoms with E-state index in [2.05, 4.69) is 6.92 Å². The zero-order chi connectivity index (χ0) is 8.97. The molecule has 3 nitrogen and oxygen atoms in total. The number of aliphatic hydroxyl groups is 1. The van der Waals surface area contributed by atoms with Crippen LogP contribution >= 0.6 is 0 Å². The number of ether oxygens (including phenoxy) is 2. The highest BCUT2D eigenvalue weighted by atomic mass is 16.5. The van der Waals surface area contributed by atoms with Crippen LogP contribution in [0.2, 0.25) is 0 Å². The van der Waals surface area contributed by atoms with Gasteiger partial charge in [0.15, 0.2) is 0 Å². The Morgan fingerprint density at radius 3 is 2.75 bits per heavy atom. The summed E-state index contributed by atoms with van der Waals surface area (Å²) in [6.07, 6.45) is 2.66. The summed E-state index contributed by atoms with van der Waals surface area (Å²) in [4.78, 5) is 0. The Labute approximate surface area is 73.7 Å². The van der Waals surface area contributed by atoms with E-state index < -0.39 is 0 Å². The van der Waals surface area contributed by atoms with Crippen LogP contribution in [0.1, 0.15) is 26.2 Å². The van der Waals surface area contributed by atoms with Gasteiger partial charge in [0.1, 0.15) is 6.10 Å². The number of aliphatic hydroxyl groups excluding tert-OH is 1. The molecule has 0 bridgehead atoms. The van der Waals surface area contributed by atoms with Gasteiger partial charge in [-0.05, 0) is 6.42 Å². The molecule has 0 radical (unpaired) electrons. The molecule has 1 rings (SSSR count). The van der Waals surface area contributed by atoms with Crippen molar-refractivity contribution in [3.05, 3.63) is 0 Å². The normalized spacial score (nSPS) is 34.8. The topological polar surface area (TPSA) is 38.7 Å². The van der Waals surface area contributed by atoms with Gasteiger partial charge in [0.2, 0.25) is 0 Å². The molecule has 0 aromatic carbocycles. The Morgan fingerprint density at radius 2 is 2.25 bits per heavy atom. The summed E-state index contributed by atoms with van der Waals surface area (Å²) in [6, 6.07) is 0. The summed E-state index contributed by atoms with van der Waals surface area (Å²) < 4.78 is 10.6. The minimum absolute atomic E-state index is 0.0955. The largest absolute Gasteiger partial charge is 0.390 e. The second-order valence-electron chi connectivity index (χ2n) is 3.27. The zero-order valence-electron chi connectivity index (χ0n) is 7.82. The van der Waals surface area contributed by atoms with Crippen molar-refractivity contribution >= 4 is 0 Å². The molecule has 0 heterocycles. The second-order valence-corrected chi connectivity index (χ2v) is 3.27.